The minimum Gasteiger partial charge on any atom is -0.379 e. The molecule has 3 aromatic heterocycles. The third-order valence-corrected chi connectivity index (χ3v) is 8.42. The molecule has 5 heterocycles. The first-order chi connectivity index (χ1) is 20.3. The van der Waals surface area contributed by atoms with E-state index in [1.165, 1.54) is 23.0 Å². The molecule has 1 aromatic carbocycles. The molecule has 0 saturated carbocycles. The van der Waals surface area contributed by atoms with Gasteiger partial charge in [-0.3, -0.25) is 13.9 Å². The second kappa shape index (κ2) is 9.88. The highest BCUT2D eigenvalue weighted by Crippen LogP contribution is 2.38. The fraction of sp³-hybridized carbons (Fsp3) is 0.483. The summed E-state index contributed by atoms with van der Waals surface area (Å²) in [7, 11) is 0. The molecule has 0 radical (unpaired) electrons. The first-order valence-corrected chi connectivity index (χ1v) is 13.4. The van der Waals surface area contributed by atoms with Crippen LogP contribution in [0.15, 0.2) is 53.8 Å². The van der Waals surface area contributed by atoms with Crippen LogP contribution >= 0.6 is 0 Å². The van der Waals surface area contributed by atoms with Gasteiger partial charge >= 0.3 is 11.9 Å². The molecule has 2 atom stereocenters. The molecular weight excluding hydrogens is 521 g/mol. The summed E-state index contributed by atoms with van der Waals surface area (Å²) in [4.78, 5) is 15.9. The van der Waals surface area contributed by atoms with Crippen LogP contribution in [0.1, 0.15) is 59.4 Å². The van der Waals surface area contributed by atoms with E-state index in [0.717, 1.165) is 46.8 Å². The van der Waals surface area contributed by atoms with E-state index in [9.17, 15) is 18.0 Å². The molecule has 2 aliphatic rings. The summed E-state index contributed by atoms with van der Waals surface area (Å²) in [6, 6.07) is 7.84. The van der Waals surface area contributed by atoms with Gasteiger partial charge in [0.05, 0.1) is 30.0 Å². The first-order valence-electron chi connectivity index (χ1n) is 14.9. The molecule has 0 aliphatic carbocycles. The van der Waals surface area contributed by atoms with Crippen molar-refractivity contribution in [2.24, 2.45) is 12.9 Å². The number of imidazole rings is 1. The second-order valence-electron chi connectivity index (χ2n) is 11.3. The summed E-state index contributed by atoms with van der Waals surface area (Å²) in [5, 5.41) is 7.80. The smallest absolute Gasteiger partial charge is 0.379 e. The van der Waals surface area contributed by atoms with E-state index in [0.29, 0.717) is 17.2 Å². The number of aryl methyl sites for hydroxylation is 1. The Hall–Kier alpha value is -3.44. The summed E-state index contributed by atoms with van der Waals surface area (Å²) in [5.74, 6) is 0.715. The van der Waals surface area contributed by atoms with Crippen molar-refractivity contribution in [1.29, 1.82) is 0 Å². The third-order valence-electron chi connectivity index (χ3n) is 8.42. The van der Waals surface area contributed by atoms with Gasteiger partial charge in [0.25, 0.3) is 0 Å². The van der Waals surface area contributed by atoms with Crippen molar-refractivity contribution in [3.05, 3.63) is 82.1 Å². The Balaban J connectivity index is 1.40. The topological polar surface area (TPSA) is 69.6 Å². The van der Waals surface area contributed by atoms with Crippen LogP contribution in [0.5, 0.6) is 0 Å². The Bertz CT molecular complexity index is 1710. The maximum atomic E-state index is 14.4. The monoisotopic (exact) mass is 557 g/mol. The van der Waals surface area contributed by atoms with Crippen LogP contribution in [0.2, 0.25) is 0 Å². The minimum absolute atomic E-state index is 0.218. The van der Waals surface area contributed by atoms with Crippen LogP contribution in [-0.4, -0.2) is 54.9 Å². The van der Waals surface area contributed by atoms with E-state index in [2.05, 4.69) is 22.0 Å². The van der Waals surface area contributed by atoms with E-state index >= 15 is 0 Å². The zero-order valence-electron chi connectivity index (χ0n) is 25.4. The van der Waals surface area contributed by atoms with Crippen LogP contribution in [0, 0.1) is 5.92 Å². The number of fused-ring (bicyclic) bond motifs is 1. The zero-order chi connectivity index (χ0) is 30.7. The van der Waals surface area contributed by atoms with Crippen LogP contribution in [0.25, 0.3) is 11.2 Å². The normalized spacial score (nSPS) is 21.9. The molecule has 0 amide bonds. The predicted octanol–water partition coefficient (Wildman–Crippen LogP) is 4.54. The Kier molecular flexibility index (Phi) is 5.75. The molecule has 11 heteroatoms. The molecule has 1 unspecified atom stereocenters. The summed E-state index contributed by atoms with van der Waals surface area (Å²) in [6.07, 6.45) is 1.55. The SMILES string of the molecule is [2H]C([2H])([2H])n1cnnc1CC1(c2cccc(-n3cc4c(C(F)(F)F)cc(C(C)N5CCC[C@H](C)C5)cn4c3=O)c2)COC1. The van der Waals surface area contributed by atoms with Gasteiger partial charge in [-0.05, 0) is 61.6 Å². The molecule has 4 aromatic rings. The fourth-order valence-corrected chi connectivity index (χ4v) is 6.03. The number of benzene rings is 1. The summed E-state index contributed by atoms with van der Waals surface area (Å²) in [6.45, 7) is 3.72. The number of ether oxygens (including phenoxy) is 1. The Morgan fingerprint density at radius 1 is 1.25 bits per heavy atom. The van der Waals surface area contributed by atoms with E-state index in [1.54, 1.807) is 18.2 Å². The lowest BCUT2D eigenvalue weighted by Crippen LogP contribution is -2.49. The molecule has 0 bridgehead atoms. The molecular formula is C29H33F3N6O2. The number of alkyl halides is 3. The number of nitrogens with zero attached hydrogens (tertiary/aromatic N) is 6. The highest BCUT2D eigenvalue weighted by Gasteiger charge is 2.42. The highest BCUT2D eigenvalue weighted by atomic mass is 19.4. The second-order valence-corrected chi connectivity index (χ2v) is 11.3. The van der Waals surface area contributed by atoms with E-state index < -0.39 is 29.8 Å². The van der Waals surface area contributed by atoms with Crippen molar-refractivity contribution in [3.63, 3.8) is 0 Å². The van der Waals surface area contributed by atoms with Crippen molar-refractivity contribution < 1.29 is 22.0 Å². The molecule has 6 rings (SSSR count). The lowest BCUT2D eigenvalue weighted by Gasteiger charge is -2.41. The Morgan fingerprint density at radius 3 is 2.77 bits per heavy atom. The predicted molar refractivity (Wildman–Crippen MR) is 144 cm³/mol. The number of halogens is 3. The number of pyridine rings is 1. The molecule has 2 fully saturated rings. The van der Waals surface area contributed by atoms with Gasteiger partial charge in [0.15, 0.2) is 0 Å². The summed E-state index contributed by atoms with van der Waals surface area (Å²) >= 11 is 0. The molecule has 8 nitrogen and oxygen atoms in total. The van der Waals surface area contributed by atoms with Gasteiger partial charge in [-0.15, -0.1) is 10.2 Å². The average Bonchev–Trinajstić information content (AvgIpc) is 3.54. The first kappa shape index (κ1) is 23.3. The standard InChI is InChI=1S/C29H33F3N6O2/c1-19-6-5-9-36(13-19)20(2)21-10-24(29(30,31)32)25-15-37(27(39)38(25)14-21)23-8-4-7-22(11-23)28(16-40-17-28)12-26-34-33-18-35(26)3/h4,7-8,10-11,14-15,18-20H,5-6,9,12-13,16-17H2,1-3H3/t19-,20?/m0/s1/i3D3. The number of rotatable bonds is 6. The van der Waals surface area contributed by atoms with Gasteiger partial charge in [0.1, 0.15) is 12.2 Å². The summed E-state index contributed by atoms with van der Waals surface area (Å²) in [5.41, 5.74) is -0.753. The van der Waals surface area contributed by atoms with Gasteiger partial charge < -0.3 is 9.30 Å². The lowest BCUT2D eigenvalue weighted by atomic mass is 9.75. The largest absolute Gasteiger partial charge is 0.418 e. The van der Waals surface area contributed by atoms with Crippen molar-refractivity contribution >= 4 is 5.52 Å². The molecule has 0 spiro atoms. The molecule has 2 aliphatic heterocycles. The van der Waals surface area contributed by atoms with E-state index in [-0.39, 0.29) is 37.0 Å². The quantitative estimate of drug-likeness (QED) is 0.348. The molecule has 2 saturated heterocycles. The van der Waals surface area contributed by atoms with Crippen LogP contribution in [0.3, 0.4) is 0 Å². The van der Waals surface area contributed by atoms with E-state index in [4.69, 9.17) is 8.85 Å². The third kappa shape index (κ3) is 4.64. The Labute approximate surface area is 234 Å². The number of hydrogen-bond acceptors (Lipinski definition) is 5. The maximum Gasteiger partial charge on any atom is 0.418 e. The zero-order valence-corrected chi connectivity index (χ0v) is 22.4. The van der Waals surface area contributed by atoms with Crippen LogP contribution < -0.4 is 5.69 Å². The number of piperidine rings is 1. The maximum absolute atomic E-state index is 14.4. The highest BCUT2D eigenvalue weighted by molar-refractivity contribution is 5.58. The van der Waals surface area contributed by atoms with Crippen LogP contribution in [0.4, 0.5) is 13.2 Å². The average molecular weight is 558 g/mol. The van der Waals surface area contributed by atoms with Crippen molar-refractivity contribution in [1.82, 2.24) is 28.6 Å². The number of hydrogen-bond donors (Lipinski definition) is 0. The number of likely N-dealkylation sites (tertiary alicyclic amines) is 1. The van der Waals surface area contributed by atoms with Crippen molar-refractivity contribution in [3.8, 4) is 5.69 Å². The van der Waals surface area contributed by atoms with E-state index in [1.807, 2.05) is 13.0 Å². The molecule has 40 heavy (non-hydrogen) atoms. The van der Waals surface area contributed by atoms with Gasteiger partial charge in [0.2, 0.25) is 0 Å². The molecule has 212 valence electrons. The van der Waals surface area contributed by atoms with Crippen molar-refractivity contribution in [2.45, 2.75) is 50.7 Å². The fourth-order valence-electron chi connectivity index (χ4n) is 6.03. The van der Waals surface area contributed by atoms with Crippen LogP contribution in [-0.2, 0) is 29.7 Å². The van der Waals surface area contributed by atoms with Gasteiger partial charge in [-0.25, -0.2) is 4.79 Å². The van der Waals surface area contributed by atoms with Gasteiger partial charge in [0, 0.05) is 47.9 Å². The lowest BCUT2D eigenvalue weighted by molar-refractivity contribution is -0.136. The summed E-state index contributed by atoms with van der Waals surface area (Å²) < 4.78 is 75.3. The van der Waals surface area contributed by atoms with Gasteiger partial charge in [-0.1, -0.05) is 19.1 Å². The minimum atomic E-state index is -4.66. The van der Waals surface area contributed by atoms with Crippen molar-refractivity contribution in [2.75, 3.05) is 26.3 Å². The molecule has 0 N–H and O–H groups in total. The Morgan fingerprint density at radius 2 is 2.08 bits per heavy atom. The van der Waals surface area contributed by atoms with Gasteiger partial charge in [-0.2, -0.15) is 13.2 Å². The number of aromatic nitrogens is 5.